The molecule has 0 aromatic heterocycles. The minimum Gasteiger partial charge on any atom is -0.380 e. The molecule has 1 heterocycles. The van der Waals surface area contributed by atoms with Gasteiger partial charge in [-0.2, -0.15) is 0 Å². The van der Waals surface area contributed by atoms with Gasteiger partial charge >= 0.3 is 0 Å². The lowest BCUT2D eigenvalue weighted by molar-refractivity contribution is 0.0907. The molecule has 0 N–H and O–H groups in total. The first-order chi connectivity index (χ1) is 8.70. The Bertz CT molecular complexity index is 393. The Morgan fingerprint density at radius 2 is 2.11 bits per heavy atom. The van der Waals surface area contributed by atoms with E-state index in [1.807, 2.05) is 31.3 Å². The van der Waals surface area contributed by atoms with Crippen LogP contribution in [-0.4, -0.2) is 43.5 Å². The topological polar surface area (TPSA) is 29.5 Å². The summed E-state index contributed by atoms with van der Waals surface area (Å²) >= 11 is 0. The summed E-state index contributed by atoms with van der Waals surface area (Å²) in [6.07, 6.45) is 2.03. The molecule has 1 aliphatic heterocycles. The van der Waals surface area contributed by atoms with E-state index in [-0.39, 0.29) is 5.78 Å². The van der Waals surface area contributed by atoms with E-state index in [9.17, 15) is 4.79 Å². The fraction of sp³-hybridized carbons (Fsp3) is 0.533. The normalized spacial score (nSPS) is 19.4. The van der Waals surface area contributed by atoms with E-state index < -0.39 is 0 Å². The number of rotatable bonds is 5. The van der Waals surface area contributed by atoms with Crippen molar-refractivity contribution >= 4 is 5.78 Å². The van der Waals surface area contributed by atoms with Crippen molar-refractivity contribution in [2.24, 2.45) is 0 Å². The number of carbonyl (C=O) groups is 1. The lowest BCUT2D eigenvalue weighted by Crippen LogP contribution is -2.36. The van der Waals surface area contributed by atoms with Gasteiger partial charge in [-0.1, -0.05) is 31.2 Å². The summed E-state index contributed by atoms with van der Waals surface area (Å²) in [7, 11) is 2.00. The van der Waals surface area contributed by atoms with Crippen molar-refractivity contribution in [2.75, 3.05) is 26.8 Å². The molecule has 0 amide bonds. The van der Waals surface area contributed by atoms with Gasteiger partial charge in [-0.15, -0.1) is 0 Å². The fourth-order valence-corrected chi connectivity index (χ4v) is 2.24. The van der Waals surface area contributed by atoms with Gasteiger partial charge in [-0.05, 0) is 25.5 Å². The molecular weight excluding hydrogens is 226 g/mol. The van der Waals surface area contributed by atoms with Crippen molar-refractivity contribution in [3.8, 4) is 0 Å². The van der Waals surface area contributed by atoms with E-state index in [0.717, 1.165) is 31.6 Å². The van der Waals surface area contributed by atoms with Gasteiger partial charge in [0.05, 0.1) is 13.2 Å². The van der Waals surface area contributed by atoms with E-state index in [4.69, 9.17) is 4.74 Å². The molecule has 98 valence electrons. The number of aryl methyl sites for hydroxylation is 1. The molecule has 1 unspecified atom stereocenters. The average molecular weight is 247 g/mol. The Balaban J connectivity index is 1.93. The molecule has 18 heavy (non-hydrogen) atoms. The maximum absolute atomic E-state index is 12.1. The summed E-state index contributed by atoms with van der Waals surface area (Å²) < 4.78 is 5.34. The average Bonchev–Trinajstić information content (AvgIpc) is 2.92. The van der Waals surface area contributed by atoms with Crippen LogP contribution in [0.5, 0.6) is 0 Å². The van der Waals surface area contributed by atoms with Crippen molar-refractivity contribution in [3.05, 3.63) is 35.4 Å². The number of ether oxygens (including phenoxy) is 1. The molecule has 1 aromatic rings. The van der Waals surface area contributed by atoms with Gasteiger partial charge in [0, 0.05) is 18.2 Å². The molecule has 3 heteroatoms. The van der Waals surface area contributed by atoms with Crippen LogP contribution in [-0.2, 0) is 11.2 Å². The van der Waals surface area contributed by atoms with Gasteiger partial charge < -0.3 is 4.74 Å². The fourth-order valence-electron chi connectivity index (χ4n) is 2.24. The van der Waals surface area contributed by atoms with E-state index in [1.54, 1.807) is 0 Å². The summed E-state index contributed by atoms with van der Waals surface area (Å²) in [4.78, 5) is 14.2. The maximum atomic E-state index is 12.1. The van der Waals surface area contributed by atoms with Crippen LogP contribution < -0.4 is 0 Å². The molecule has 0 radical (unpaired) electrons. The van der Waals surface area contributed by atoms with Gasteiger partial charge in [0.1, 0.15) is 0 Å². The van der Waals surface area contributed by atoms with E-state index in [1.165, 1.54) is 5.56 Å². The van der Waals surface area contributed by atoms with Gasteiger partial charge in [-0.25, -0.2) is 0 Å². The third kappa shape index (κ3) is 3.18. The Kier molecular flexibility index (Phi) is 4.50. The van der Waals surface area contributed by atoms with Crippen LogP contribution in [0.4, 0.5) is 0 Å². The largest absolute Gasteiger partial charge is 0.380 e. The third-order valence-electron chi connectivity index (χ3n) is 3.61. The molecule has 1 atom stereocenters. The third-order valence-corrected chi connectivity index (χ3v) is 3.61. The first-order valence-electron chi connectivity index (χ1n) is 6.61. The second-order valence-electron chi connectivity index (χ2n) is 4.91. The van der Waals surface area contributed by atoms with Crippen LogP contribution in [0.25, 0.3) is 0 Å². The first-order valence-corrected chi connectivity index (χ1v) is 6.61. The summed E-state index contributed by atoms with van der Waals surface area (Å²) in [6, 6.07) is 8.32. The first kappa shape index (κ1) is 13.2. The summed E-state index contributed by atoms with van der Waals surface area (Å²) in [6.45, 7) is 4.15. The van der Waals surface area contributed by atoms with E-state index in [2.05, 4.69) is 11.8 Å². The second-order valence-corrected chi connectivity index (χ2v) is 4.91. The molecule has 0 spiro atoms. The number of Topliss-reactive ketones (excluding diaryl/α,β-unsaturated/α-hetero) is 1. The highest BCUT2D eigenvalue weighted by atomic mass is 16.5. The quantitative estimate of drug-likeness (QED) is 0.747. The zero-order chi connectivity index (χ0) is 13.0. The smallest absolute Gasteiger partial charge is 0.176 e. The number of hydrogen-bond donors (Lipinski definition) is 0. The molecule has 0 aliphatic carbocycles. The van der Waals surface area contributed by atoms with Crippen molar-refractivity contribution in [3.63, 3.8) is 0 Å². The van der Waals surface area contributed by atoms with Gasteiger partial charge in [0.15, 0.2) is 5.78 Å². The lowest BCUT2D eigenvalue weighted by Gasteiger charge is -2.21. The highest BCUT2D eigenvalue weighted by Crippen LogP contribution is 2.12. The Morgan fingerprint density at radius 3 is 2.67 bits per heavy atom. The Labute approximate surface area is 109 Å². The maximum Gasteiger partial charge on any atom is 0.176 e. The Hall–Kier alpha value is -1.19. The summed E-state index contributed by atoms with van der Waals surface area (Å²) in [5.74, 6) is 0.187. The molecule has 3 nitrogen and oxygen atoms in total. The van der Waals surface area contributed by atoms with Crippen LogP contribution in [0.1, 0.15) is 29.3 Å². The number of benzene rings is 1. The summed E-state index contributed by atoms with van der Waals surface area (Å²) in [5.41, 5.74) is 2.07. The zero-order valence-corrected chi connectivity index (χ0v) is 11.2. The molecular formula is C15H21NO2. The standard InChI is InChI=1S/C15H21NO2/c1-3-12-4-6-13(7-5-12)15(17)10-16(2)14-8-9-18-11-14/h4-7,14H,3,8-11H2,1-2H3. The number of nitrogens with zero attached hydrogens (tertiary/aromatic N) is 1. The van der Waals surface area contributed by atoms with E-state index >= 15 is 0 Å². The van der Waals surface area contributed by atoms with Crippen molar-refractivity contribution in [2.45, 2.75) is 25.8 Å². The molecule has 1 aromatic carbocycles. The minimum atomic E-state index is 0.187. The number of ketones is 1. The minimum absolute atomic E-state index is 0.187. The second kappa shape index (κ2) is 6.12. The van der Waals surface area contributed by atoms with Crippen LogP contribution in [0.3, 0.4) is 0 Å². The molecule has 2 rings (SSSR count). The highest BCUT2D eigenvalue weighted by molar-refractivity contribution is 5.97. The summed E-state index contributed by atoms with van der Waals surface area (Å²) in [5, 5.41) is 0. The van der Waals surface area contributed by atoms with Crippen molar-refractivity contribution < 1.29 is 9.53 Å². The Morgan fingerprint density at radius 1 is 1.39 bits per heavy atom. The molecule has 1 fully saturated rings. The molecule has 0 saturated carbocycles. The predicted molar refractivity (Wildman–Crippen MR) is 72.0 cm³/mol. The van der Waals surface area contributed by atoms with Crippen molar-refractivity contribution in [1.29, 1.82) is 0 Å². The molecule has 1 aliphatic rings. The van der Waals surface area contributed by atoms with Crippen molar-refractivity contribution in [1.82, 2.24) is 4.90 Å². The van der Waals surface area contributed by atoms with Gasteiger partial charge in [0.25, 0.3) is 0 Å². The van der Waals surface area contributed by atoms with Gasteiger partial charge in [-0.3, -0.25) is 9.69 Å². The monoisotopic (exact) mass is 247 g/mol. The lowest BCUT2D eigenvalue weighted by atomic mass is 10.1. The van der Waals surface area contributed by atoms with Crippen LogP contribution >= 0.6 is 0 Å². The number of likely N-dealkylation sites (N-methyl/N-ethyl adjacent to an activating group) is 1. The highest BCUT2D eigenvalue weighted by Gasteiger charge is 2.22. The van der Waals surface area contributed by atoms with Crippen LogP contribution in [0.15, 0.2) is 24.3 Å². The van der Waals surface area contributed by atoms with Crippen LogP contribution in [0, 0.1) is 0 Å². The molecule has 0 bridgehead atoms. The van der Waals surface area contributed by atoms with E-state index in [0.29, 0.717) is 12.6 Å². The molecule has 1 saturated heterocycles. The SMILES string of the molecule is CCc1ccc(C(=O)CN(C)C2CCOC2)cc1. The number of hydrogen-bond acceptors (Lipinski definition) is 3. The van der Waals surface area contributed by atoms with Gasteiger partial charge in [0.2, 0.25) is 0 Å². The predicted octanol–water partition coefficient (Wildman–Crippen LogP) is 2.15. The number of carbonyl (C=O) groups excluding carboxylic acids is 1. The van der Waals surface area contributed by atoms with Crippen LogP contribution in [0.2, 0.25) is 0 Å². The zero-order valence-electron chi connectivity index (χ0n) is 11.2.